The summed E-state index contributed by atoms with van der Waals surface area (Å²) in [5.74, 6) is -1.90. The van der Waals surface area contributed by atoms with Crippen LogP contribution in [0.2, 0.25) is 0 Å². The number of rotatable bonds is 4. The third-order valence-corrected chi connectivity index (χ3v) is 3.54. The molecule has 0 bridgehead atoms. The van der Waals surface area contributed by atoms with E-state index in [0.717, 1.165) is 12.1 Å². The van der Waals surface area contributed by atoms with Crippen LogP contribution < -0.4 is 4.74 Å². The van der Waals surface area contributed by atoms with Gasteiger partial charge in [-0.25, -0.2) is 14.8 Å². The maximum Gasteiger partial charge on any atom is 0.446 e. The van der Waals surface area contributed by atoms with Crippen molar-refractivity contribution in [2.24, 2.45) is 0 Å². The van der Waals surface area contributed by atoms with Crippen LogP contribution in [0, 0.1) is 6.92 Å². The number of hydrogen-bond donors (Lipinski definition) is 1. The van der Waals surface area contributed by atoms with Crippen LogP contribution in [0.5, 0.6) is 5.75 Å². The number of aromatic carboxylic acids is 1. The molecule has 0 spiro atoms. The Morgan fingerprint density at radius 3 is 2.33 bits per heavy atom. The van der Waals surface area contributed by atoms with Crippen molar-refractivity contribution in [1.82, 2.24) is 9.97 Å². The summed E-state index contributed by atoms with van der Waals surface area (Å²) >= 11 is 0. The summed E-state index contributed by atoms with van der Waals surface area (Å²) in [5.41, 5.74) is -3.77. The molecule has 0 aliphatic rings. The summed E-state index contributed by atoms with van der Waals surface area (Å²) in [6, 6.07) is 3.11. The van der Waals surface area contributed by atoms with Gasteiger partial charge in [0.05, 0.1) is 0 Å². The van der Waals surface area contributed by atoms with Crippen LogP contribution in [-0.2, 0) is 12.3 Å². The number of ether oxygens (including phenoxy) is 1. The molecule has 27 heavy (non-hydrogen) atoms. The van der Waals surface area contributed by atoms with Gasteiger partial charge >= 0.3 is 18.3 Å². The summed E-state index contributed by atoms with van der Waals surface area (Å²) in [4.78, 5) is 17.2. The van der Waals surface area contributed by atoms with E-state index in [1.165, 1.54) is 13.0 Å². The fourth-order valence-corrected chi connectivity index (χ4v) is 2.48. The lowest BCUT2D eigenvalue weighted by Crippen LogP contribution is -2.28. The van der Waals surface area contributed by atoms with Crippen molar-refractivity contribution in [1.29, 1.82) is 0 Å². The first-order valence-electron chi connectivity index (χ1n) is 7.22. The van der Waals surface area contributed by atoms with E-state index in [1.54, 1.807) is 0 Å². The molecule has 1 N–H and O–H groups in total. The number of carboxylic acids is 1. The van der Waals surface area contributed by atoms with E-state index in [0.29, 0.717) is 12.4 Å². The Kier molecular flexibility index (Phi) is 4.25. The zero-order valence-electron chi connectivity index (χ0n) is 13.3. The molecule has 0 aliphatic carbocycles. The van der Waals surface area contributed by atoms with E-state index >= 15 is 0 Å². The molecule has 1 aromatic carbocycles. The second kappa shape index (κ2) is 6.18. The maximum absolute atomic E-state index is 14.3. The molecule has 6 nitrogen and oxygen atoms in total. The minimum atomic E-state index is -5.17. The van der Waals surface area contributed by atoms with E-state index in [9.17, 15) is 31.9 Å². The standard InChI is InChI=1S/C16H9F5N2O4/c1-7-11(14(24)25)9-6-8(2-3-10(9)26-7)27-16(20,21)13-12(15(17,18)19)22-4-5-23-13/h2-6H,1H3,(H,24,25). The van der Waals surface area contributed by atoms with E-state index < -0.39 is 35.4 Å². The molecule has 0 fully saturated rings. The van der Waals surface area contributed by atoms with Gasteiger partial charge in [0.15, 0.2) is 11.4 Å². The zero-order chi connectivity index (χ0) is 20.0. The predicted octanol–water partition coefficient (Wildman–Crippen LogP) is 4.38. The number of alkyl halides is 5. The molecule has 0 atom stereocenters. The lowest BCUT2D eigenvalue weighted by Gasteiger charge is -2.20. The highest BCUT2D eigenvalue weighted by atomic mass is 19.4. The van der Waals surface area contributed by atoms with Gasteiger partial charge < -0.3 is 14.3 Å². The van der Waals surface area contributed by atoms with Crippen LogP contribution in [0.3, 0.4) is 0 Å². The summed E-state index contributed by atoms with van der Waals surface area (Å²) in [7, 11) is 0. The summed E-state index contributed by atoms with van der Waals surface area (Å²) in [6.07, 6.45) is -8.34. The quantitative estimate of drug-likeness (QED) is 0.668. The fraction of sp³-hybridized carbons (Fsp3) is 0.188. The van der Waals surface area contributed by atoms with Crippen LogP contribution in [0.4, 0.5) is 22.0 Å². The predicted molar refractivity (Wildman–Crippen MR) is 79.5 cm³/mol. The first kappa shape index (κ1) is 18.5. The number of fused-ring (bicyclic) bond motifs is 1. The lowest BCUT2D eigenvalue weighted by atomic mass is 10.1. The van der Waals surface area contributed by atoms with Gasteiger partial charge in [-0.2, -0.15) is 22.0 Å². The highest BCUT2D eigenvalue weighted by molar-refractivity contribution is 6.03. The molecule has 2 aromatic heterocycles. The lowest BCUT2D eigenvalue weighted by molar-refractivity contribution is -0.199. The minimum Gasteiger partial charge on any atom is -0.478 e. The molecule has 0 radical (unpaired) electrons. The number of aryl methyl sites for hydroxylation is 1. The second-order valence-electron chi connectivity index (χ2n) is 5.37. The second-order valence-corrected chi connectivity index (χ2v) is 5.37. The van der Waals surface area contributed by atoms with Gasteiger partial charge in [0.1, 0.15) is 22.7 Å². The molecule has 0 unspecified atom stereocenters. The average molecular weight is 388 g/mol. The van der Waals surface area contributed by atoms with Crippen LogP contribution in [0.15, 0.2) is 35.0 Å². The molecule has 0 amide bonds. The number of carboxylic acid groups (broad SMARTS) is 1. The van der Waals surface area contributed by atoms with Crippen molar-refractivity contribution in [3.63, 3.8) is 0 Å². The number of aromatic nitrogens is 2. The number of benzene rings is 1. The van der Waals surface area contributed by atoms with E-state index in [1.807, 2.05) is 0 Å². The van der Waals surface area contributed by atoms with Gasteiger partial charge in [0.25, 0.3) is 0 Å². The third-order valence-electron chi connectivity index (χ3n) is 3.54. The molecule has 2 heterocycles. The number of furan rings is 1. The Balaban J connectivity index is 2.04. The smallest absolute Gasteiger partial charge is 0.446 e. The first-order chi connectivity index (χ1) is 12.5. The van der Waals surface area contributed by atoms with E-state index in [2.05, 4.69) is 14.7 Å². The van der Waals surface area contributed by atoms with Crippen molar-refractivity contribution in [2.75, 3.05) is 0 Å². The fourth-order valence-electron chi connectivity index (χ4n) is 2.48. The number of carbonyl (C=O) groups is 1. The molecule has 0 aliphatic heterocycles. The number of halogens is 5. The van der Waals surface area contributed by atoms with Crippen molar-refractivity contribution >= 4 is 16.9 Å². The Bertz CT molecular complexity index is 1030. The summed E-state index contributed by atoms with van der Waals surface area (Å²) in [5, 5.41) is 9.15. The Labute approximate surface area is 147 Å². The molecule has 3 aromatic rings. The van der Waals surface area contributed by atoms with Crippen molar-refractivity contribution < 1.29 is 41.0 Å². The van der Waals surface area contributed by atoms with Gasteiger partial charge in [-0.3, -0.25) is 0 Å². The molecule has 11 heteroatoms. The van der Waals surface area contributed by atoms with Crippen LogP contribution in [0.1, 0.15) is 27.5 Å². The zero-order valence-corrected chi connectivity index (χ0v) is 13.3. The molecule has 142 valence electrons. The van der Waals surface area contributed by atoms with E-state index in [4.69, 9.17) is 4.42 Å². The normalized spacial score (nSPS) is 12.4. The molecule has 0 saturated heterocycles. The van der Waals surface area contributed by atoms with Crippen LogP contribution in [0.25, 0.3) is 11.0 Å². The Morgan fingerprint density at radius 1 is 1.11 bits per heavy atom. The maximum atomic E-state index is 14.3. The molecule has 3 rings (SSSR count). The van der Waals surface area contributed by atoms with Crippen LogP contribution >= 0.6 is 0 Å². The molecular formula is C16H9F5N2O4. The van der Waals surface area contributed by atoms with Gasteiger partial charge in [0.2, 0.25) is 0 Å². The monoisotopic (exact) mass is 388 g/mol. The van der Waals surface area contributed by atoms with Crippen LogP contribution in [-0.4, -0.2) is 21.0 Å². The molecule has 0 saturated carbocycles. The summed E-state index contributed by atoms with van der Waals surface area (Å²) < 4.78 is 77.0. The van der Waals surface area contributed by atoms with Gasteiger partial charge in [-0.1, -0.05) is 0 Å². The summed E-state index contributed by atoms with van der Waals surface area (Å²) in [6.45, 7) is 1.37. The number of nitrogens with zero attached hydrogens (tertiary/aromatic N) is 2. The Hall–Kier alpha value is -3.24. The topological polar surface area (TPSA) is 85.5 Å². The molecular weight excluding hydrogens is 379 g/mol. The Morgan fingerprint density at radius 2 is 1.74 bits per heavy atom. The minimum absolute atomic E-state index is 0.0368. The van der Waals surface area contributed by atoms with Crippen molar-refractivity contribution in [2.45, 2.75) is 19.2 Å². The average Bonchev–Trinajstić information content (AvgIpc) is 2.89. The third kappa shape index (κ3) is 3.39. The van der Waals surface area contributed by atoms with Gasteiger partial charge in [0, 0.05) is 17.8 Å². The van der Waals surface area contributed by atoms with E-state index in [-0.39, 0.29) is 22.3 Å². The number of hydrogen-bond acceptors (Lipinski definition) is 5. The highest BCUT2D eigenvalue weighted by Crippen LogP contribution is 2.39. The van der Waals surface area contributed by atoms with Crippen molar-refractivity contribution in [3.8, 4) is 5.75 Å². The largest absolute Gasteiger partial charge is 0.478 e. The van der Waals surface area contributed by atoms with Gasteiger partial charge in [-0.15, -0.1) is 0 Å². The first-order valence-corrected chi connectivity index (χ1v) is 7.22. The van der Waals surface area contributed by atoms with Gasteiger partial charge in [-0.05, 0) is 25.1 Å². The highest BCUT2D eigenvalue weighted by Gasteiger charge is 2.47. The van der Waals surface area contributed by atoms with Crippen molar-refractivity contribution in [3.05, 3.63) is 53.3 Å². The SMILES string of the molecule is Cc1oc2ccc(OC(F)(F)c3nccnc3C(F)(F)F)cc2c1C(=O)O.